The standard InChI is InChI=1S/C23H28N2O4/c1-27-20-9-10-22(28-2)19(16-20)8-11-23(26)24-21(18-6-4-3-5-7-18)17-25-12-14-29-15-13-25/h3-11,16,21H,12-15,17H2,1-2H3,(H,24,26)/b11-8+. The molecule has 0 bridgehead atoms. The zero-order chi connectivity index (χ0) is 20.5. The van der Waals surface area contributed by atoms with Gasteiger partial charge < -0.3 is 19.5 Å². The molecular formula is C23H28N2O4. The van der Waals surface area contributed by atoms with E-state index in [-0.39, 0.29) is 11.9 Å². The van der Waals surface area contributed by atoms with Crippen LogP contribution in [0.15, 0.2) is 54.6 Å². The summed E-state index contributed by atoms with van der Waals surface area (Å²) in [6.07, 6.45) is 3.28. The first-order valence-electron chi connectivity index (χ1n) is 9.75. The molecule has 2 aromatic carbocycles. The Morgan fingerprint density at radius 3 is 2.59 bits per heavy atom. The molecule has 1 aliphatic heterocycles. The van der Waals surface area contributed by atoms with E-state index in [9.17, 15) is 4.79 Å². The van der Waals surface area contributed by atoms with Crippen molar-refractivity contribution in [1.82, 2.24) is 10.2 Å². The Morgan fingerprint density at radius 1 is 1.14 bits per heavy atom. The summed E-state index contributed by atoms with van der Waals surface area (Å²) in [6, 6.07) is 15.4. The Hall–Kier alpha value is -2.83. The highest BCUT2D eigenvalue weighted by atomic mass is 16.5. The molecule has 1 amide bonds. The number of benzene rings is 2. The molecule has 154 valence electrons. The van der Waals surface area contributed by atoms with Crippen molar-refractivity contribution >= 4 is 12.0 Å². The number of methoxy groups -OCH3 is 2. The van der Waals surface area contributed by atoms with E-state index in [4.69, 9.17) is 14.2 Å². The van der Waals surface area contributed by atoms with Crippen LogP contribution in [0.1, 0.15) is 17.2 Å². The smallest absolute Gasteiger partial charge is 0.244 e. The molecular weight excluding hydrogens is 368 g/mol. The first-order chi connectivity index (χ1) is 14.2. The van der Waals surface area contributed by atoms with E-state index in [1.165, 1.54) is 6.08 Å². The van der Waals surface area contributed by atoms with Gasteiger partial charge in [-0.3, -0.25) is 9.69 Å². The zero-order valence-electron chi connectivity index (χ0n) is 17.0. The number of hydrogen-bond donors (Lipinski definition) is 1. The average molecular weight is 396 g/mol. The van der Waals surface area contributed by atoms with Crippen LogP contribution in [0, 0.1) is 0 Å². The van der Waals surface area contributed by atoms with Crippen LogP contribution in [0.2, 0.25) is 0 Å². The second kappa shape index (κ2) is 10.6. The van der Waals surface area contributed by atoms with E-state index in [0.717, 1.165) is 44.0 Å². The molecule has 1 saturated heterocycles. The fourth-order valence-corrected chi connectivity index (χ4v) is 3.32. The molecule has 0 spiro atoms. The van der Waals surface area contributed by atoms with Crippen molar-refractivity contribution in [2.75, 3.05) is 47.1 Å². The molecule has 0 radical (unpaired) electrons. The molecule has 2 aromatic rings. The van der Waals surface area contributed by atoms with E-state index < -0.39 is 0 Å². The van der Waals surface area contributed by atoms with Gasteiger partial charge in [0, 0.05) is 31.3 Å². The van der Waals surface area contributed by atoms with Crippen molar-refractivity contribution in [2.24, 2.45) is 0 Å². The number of ether oxygens (including phenoxy) is 3. The van der Waals surface area contributed by atoms with Crippen molar-refractivity contribution in [3.8, 4) is 11.5 Å². The van der Waals surface area contributed by atoms with Gasteiger partial charge in [0.2, 0.25) is 5.91 Å². The van der Waals surface area contributed by atoms with Gasteiger partial charge in [-0.2, -0.15) is 0 Å². The Morgan fingerprint density at radius 2 is 1.90 bits per heavy atom. The second-order valence-electron chi connectivity index (χ2n) is 6.83. The monoisotopic (exact) mass is 396 g/mol. The van der Waals surface area contributed by atoms with Crippen molar-refractivity contribution in [3.63, 3.8) is 0 Å². The molecule has 1 atom stereocenters. The van der Waals surface area contributed by atoms with Gasteiger partial charge in [0.1, 0.15) is 11.5 Å². The van der Waals surface area contributed by atoms with Crippen molar-refractivity contribution in [3.05, 3.63) is 65.7 Å². The van der Waals surface area contributed by atoms with E-state index >= 15 is 0 Å². The summed E-state index contributed by atoms with van der Waals surface area (Å²) >= 11 is 0. The number of hydrogen-bond acceptors (Lipinski definition) is 5. The Balaban J connectivity index is 1.71. The summed E-state index contributed by atoms with van der Waals surface area (Å²) in [5.41, 5.74) is 1.87. The molecule has 6 heteroatoms. The summed E-state index contributed by atoms with van der Waals surface area (Å²) in [5.74, 6) is 1.24. The van der Waals surface area contributed by atoms with Crippen LogP contribution in [0.5, 0.6) is 11.5 Å². The Labute approximate surface area is 172 Å². The van der Waals surface area contributed by atoms with Gasteiger partial charge in [0.25, 0.3) is 0 Å². The van der Waals surface area contributed by atoms with E-state index in [2.05, 4.69) is 10.2 Å². The molecule has 1 aliphatic rings. The zero-order valence-corrected chi connectivity index (χ0v) is 17.0. The van der Waals surface area contributed by atoms with Crippen LogP contribution < -0.4 is 14.8 Å². The molecule has 1 heterocycles. The van der Waals surface area contributed by atoms with Crippen LogP contribution in [0.4, 0.5) is 0 Å². The quantitative estimate of drug-likeness (QED) is 0.696. The number of carbonyl (C=O) groups excluding carboxylic acids is 1. The van der Waals surface area contributed by atoms with Gasteiger partial charge in [-0.15, -0.1) is 0 Å². The van der Waals surface area contributed by atoms with Crippen LogP contribution in [-0.4, -0.2) is 57.9 Å². The maximum atomic E-state index is 12.7. The van der Waals surface area contributed by atoms with Crippen molar-refractivity contribution in [2.45, 2.75) is 6.04 Å². The summed E-state index contributed by atoms with van der Waals surface area (Å²) in [6.45, 7) is 3.94. The number of nitrogens with one attached hydrogen (secondary N) is 1. The summed E-state index contributed by atoms with van der Waals surface area (Å²) in [7, 11) is 3.21. The van der Waals surface area contributed by atoms with Gasteiger partial charge in [-0.1, -0.05) is 30.3 Å². The van der Waals surface area contributed by atoms with Crippen LogP contribution in [0.3, 0.4) is 0 Å². The largest absolute Gasteiger partial charge is 0.497 e. The number of nitrogens with zero attached hydrogens (tertiary/aromatic N) is 1. The number of morpholine rings is 1. The molecule has 0 aliphatic carbocycles. The third kappa shape index (κ3) is 6.07. The van der Waals surface area contributed by atoms with Crippen molar-refractivity contribution < 1.29 is 19.0 Å². The van der Waals surface area contributed by atoms with Gasteiger partial charge in [0.05, 0.1) is 33.5 Å². The molecule has 1 N–H and O–H groups in total. The molecule has 0 aromatic heterocycles. The minimum atomic E-state index is -0.156. The summed E-state index contributed by atoms with van der Waals surface area (Å²) < 4.78 is 16.1. The molecule has 1 unspecified atom stereocenters. The first-order valence-corrected chi connectivity index (χ1v) is 9.75. The van der Waals surface area contributed by atoms with Gasteiger partial charge in [-0.25, -0.2) is 0 Å². The van der Waals surface area contributed by atoms with Crippen LogP contribution in [-0.2, 0) is 9.53 Å². The number of amides is 1. The Bertz CT molecular complexity index is 817. The minimum absolute atomic E-state index is 0.0985. The molecule has 0 saturated carbocycles. The Kier molecular flexibility index (Phi) is 7.67. The van der Waals surface area contributed by atoms with Crippen molar-refractivity contribution in [1.29, 1.82) is 0 Å². The van der Waals surface area contributed by atoms with Crippen LogP contribution in [0.25, 0.3) is 6.08 Å². The number of carbonyl (C=O) groups is 1. The lowest BCUT2D eigenvalue weighted by Crippen LogP contribution is -2.42. The third-order valence-corrected chi connectivity index (χ3v) is 4.91. The highest BCUT2D eigenvalue weighted by Crippen LogP contribution is 2.25. The fourth-order valence-electron chi connectivity index (χ4n) is 3.32. The third-order valence-electron chi connectivity index (χ3n) is 4.91. The maximum absolute atomic E-state index is 12.7. The predicted molar refractivity (Wildman–Crippen MR) is 113 cm³/mol. The van der Waals surface area contributed by atoms with Crippen LogP contribution >= 0.6 is 0 Å². The summed E-state index contributed by atoms with van der Waals surface area (Å²) in [5, 5.41) is 3.14. The highest BCUT2D eigenvalue weighted by Gasteiger charge is 2.19. The average Bonchev–Trinajstić information content (AvgIpc) is 2.78. The lowest BCUT2D eigenvalue weighted by atomic mass is 10.1. The second-order valence-corrected chi connectivity index (χ2v) is 6.83. The normalized spacial score (nSPS) is 15.8. The first kappa shape index (κ1) is 20.9. The lowest BCUT2D eigenvalue weighted by Gasteiger charge is -2.31. The number of rotatable bonds is 8. The van der Waals surface area contributed by atoms with E-state index in [1.54, 1.807) is 20.3 Å². The van der Waals surface area contributed by atoms with E-state index in [1.807, 2.05) is 48.5 Å². The van der Waals surface area contributed by atoms with Gasteiger partial charge in [0.15, 0.2) is 0 Å². The summed E-state index contributed by atoms with van der Waals surface area (Å²) in [4.78, 5) is 15.0. The SMILES string of the molecule is COc1ccc(OC)c(/C=C/C(=O)NC(CN2CCOCC2)c2ccccc2)c1. The minimum Gasteiger partial charge on any atom is -0.497 e. The van der Waals surface area contributed by atoms with E-state index in [0.29, 0.717) is 11.5 Å². The topological polar surface area (TPSA) is 60.0 Å². The molecule has 1 fully saturated rings. The molecule has 6 nitrogen and oxygen atoms in total. The van der Waals surface area contributed by atoms with Gasteiger partial charge >= 0.3 is 0 Å². The fraction of sp³-hybridized carbons (Fsp3) is 0.348. The molecule has 3 rings (SSSR count). The highest BCUT2D eigenvalue weighted by molar-refractivity contribution is 5.92. The van der Waals surface area contributed by atoms with Gasteiger partial charge in [-0.05, 0) is 29.8 Å². The predicted octanol–water partition coefficient (Wildman–Crippen LogP) is 2.91. The lowest BCUT2D eigenvalue weighted by molar-refractivity contribution is -0.117. The molecule has 29 heavy (non-hydrogen) atoms. The maximum Gasteiger partial charge on any atom is 0.244 e.